The van der Waals surface area contributed by atoms with Crippen LogP contribution in [0.15, 0.2) is 55.1 Å². The number of rotatable bonds is 10. The maximum absolute atomic E-state index is 14.4. The Bertz CT molecular complexity index is 974. The monoisotopic (exact) mass is 411 g/mol. The van der Waals surface area contributed by atoms with Crippen molar-refractivity contribution in [3.8, 4) is 17.2 Å². The molecule has 3 aromatic rings. The molecular formula is C23H26FN3O3. The molecular weight excluding hydrogens is 385 g/mol. The lowest BCUT2D eigenvalue weighted by Gasteiger charge is -2.14. The van der Waals surface area contributed by atoms with E-state index in [2.05, 4.69) is 10.3 Å². The van der Waals surface area contributed by atoms with Crippen LogP contribution in [-0.4, -0.2) is 28.7 Å². The molecule has 6 nitrogen and oxygen atoms in total. The molecule has 2 aromatic carbocycles. The third kappa shape index (κ3) is 5.37. The van der Waals surface area contributed by atoms with Gasteiger partial charge in [-0.1, -0.05) is 19.9 Å². The van der Waals surface area contributed by atoms with Crippen LogP contribution in [0.3, 0.4) is 0 Å². The lowest BCUT2D eigenvalue weighted by molar-refractivity contribution is 0.0950. The molecule has 0 radical (unpaired) electrons. The van der Waals surface area contributed by atoms with E-state index in [4.69, 9.17) is 9.47 Å². The van der Waals surface area contributed by atoms with Gasteiger partial charge in [-0.3, -0.25) is 4.79 Å². The number of hydrogen-bond donors (Lipinski definition) is 1. The number of carbonyl (C=O) groups excluding carboxylic acids is 1. The van der Waals surface area contributed by atoms with E-state index in [1.54, 1.807) is 47.3 Å². The Morgan fingerprint density at radius 3 is 2.50 bits per heavy atom. The number of ether oxygens (including phenoxy) is 2. The number of amides is 1. The molecule has 0 atom stereocenters. The summed E-state index contributed by atoms with van der Waals surface area (Å²) in [6.07, 6.45) is 6.53. The number of halogens is 1. The van der Waals surface area contributed by atoms with Crippen LogP contribution >= 0.6 is 0 Å². The number of nitrogens with one attached hydrogen (secondary N) is 1. The molecule has 1 N–H and O–H groups in total. The minimum absolute atomic E-state index is 0.208. The summed E-state index contributed by atoms with van der Waals surface area (Å²) in [4.78, 5) is 16.5. The molecule has 158 valence electrons. The predicted octanol–water partition coefficient (Wildman–Crippen LogP) is 4.52. The fourth-order valence-corrected chi connectivity index (χ4v) is 2.86. The van der Waals surface area contributed by atoms with Crippen LogP contribution in [0.2, 0.25) is 0 Å². The minimum atomic E-state index is -0.382. The van der Waals surface area contributed by atoms with E-state index in [1.165, 1.54) is 12.4 Å². The normalized spacial score (nSPS) is 10.6. The summed E-state index contributed by atoms with van der Waals surface area (Å²) in [6, 6.07) is 9.97. The van der Waals surface area contributed by atoms with Crippen molar-refractivity contribution in [2.75, 3.05) is 13.2 Å². The lowest BCUT2D eigenvalue weighted by atomic mass is 10.1. The second-order valence-electron chi connectivity index (χ2n) is 6.80. The van der Waals surface area contributed by atoms with Crippen LogP contribution in [-0.2, 0) is 6.54 Å². The highest BCUT2D eigenvalue weighted by Gasteiger charge is 2.12. The molecule has 3 rings (SSSR count). The van der Waals surface area contributed by atoms with Crippen molar-refractivity contribution in [2.45, 2.75) is 33.2 Å². The Kier molecular flexibility index (Phi) is 7.43. The molecule has 0 aliphatic carbocycles. The number of benzene rings is 2. The largest absolute Gasteiger partial charge is 0.490 e. The Labute approximate surface area is 175 Å². The predicted molar refractivity (Wildman–Crippen MR) is 113 cm³/mol. The van der Waals surface area contributed by atoms with Gasteiger partial charge in [0.1, 0.15) is 5.82 Å². The quantitative estimate of drug-likeness (QED) is 0.533. The summed E-state index contributed by atoms with van der Waals surface area (Å²) < 4.78 is 27.4. The van der Waals surface area contributed by atoms with Gasteiger partial charge in [-0.15, -0.1) is 0 Å². The zero-order valence-corrected chi connectivity index (χ0v) is 17.2. The van der Waals surface area contributed by atoms with Crippen LogP contribution in [0, 0.1) is 5.82 Å². The van der Waals surface area contributed by atoms with Gasteiger partial charge >= 0.3 is 0 Å². The first-order chi connectivity index (χ1) is 14.6. The van der Waals surface area contributed by atoms with Crippen LogP contribution in [0.4, 0.5) is 4.39 Å². The van der Waals surface area contributed by atoms with Crippen molar-refractivity contribution in [3.05, 3.63) is 72.1 Å². The molecule has 0 fully saturated rings. The molecule has 0 bridgehead atoms. The number of nitrogens with zero attached hydrogens (tertiary/aromatic N) is 2. The number of imidazole rings is 1. The smallest absolute Gasteiger partial charge is 0.251 e. The summed E-state index contributed by atoms with van der Waals surface area (Å²) in [6.45, 7) is 5.36. The standard InChI is InChI=1S/C23H26FN3O3/c1-3-11-29-21-8-6-18(14-22(21)30-12-4-2)23(28)26-15-17-5-7-20(19(24)13-17)27-10-9-25-16-27/h5-10,13-14,16H,3-4,11-12,15H2,1-2H3,(H,26,28). The fourth-order valence-electron chi connectivity index (χ4n) is 2.86. The molecule has 7 heteroatoms. The summed E-state index contributed by atoms with van der Waals surface area (Å²) in [5, 5.41) is 2.82. The number of carbonyl (C=O) groups is 1. The van der Waals surface area contributed by atoms with E-state index in [-0.39, 0.29) is 18.3 Å². The average molecular weight is 411 g/mol. The van der Waals surface area contributed by atoms with Crippen molar-refractivity contribution >= 4 is 5.91 Å². The molecule has 0 unspecified atom stereocenters. The molecule has 0 spiro atoms. The van der Waals surface area contributed by atoms with Gasteiger partial charge in [0.25, 0.3) is 5.91 Å². The lowest BCUT2D eigenvalue weighted by Crippen LogP contribution is -2.23. The molecule has 0 saturated heterocycles. The van der Waals surface area contributed by atoms with Gasteiger partial charge in [0.15, 0.2) is 11.5 Å². The van der Waals surface area contributed by atoms with E-state index in [1.807, 2.05) is 13.8 Å². The summed E-state index contributed by atoms with van der Waals surface area (Å²) >= 11 is 0. The van der Waals surface area contributed by atoms with Crippen LogP contribution in [0.1, 0.15) is 42.6 Å². The van der Waals surface area contributed by atoms with Crippen LogP contribution in [0.5, 0.6) is 11.5 Å². The van der Waals surface area contributed by atoms with E-state index in [0.29, 0.717) is 41.5 Å². The second kappa shape index (κ2) is 10.4. The van der Waals surface area contributed by atoms with Crippen molar-refractivity contribution in [2.24, 2.45) is 0 Å². The second-order valence-corrected chi connectivity index (χ2v) is 6.80. The average Bonchev–Trinajstić information content (AvgIpc) is 3.29. The molecule has 0 saturated carbocycles. The molecule has 1 heterocycles. The highest BCUT2D eigenvalue weighted by Crippen LogP contribution is 2.29. The first kappa shape index (κ1) is 21.4. The van der Waals surface area contributed by atoms with Crippen molar-refractivity contribution in [3.63, 3.8) is 0 Å². The third-order valence-corrected chi connectivity index (χ3v) is 4.38. The van der Waals surface area contributed by atoms with Crippen molar-refractivity contribution in [1.29, 1.82) is 0 Å². The molecule has 1 amide bonds. The first-order valence-corrected chi connectivity index (χ1v) is 10.1. The van der Waals surface area contributed by atoms with Gasteiger partial charge in [0, 0.05) is 24.5 Å². The Morgan fingerprint density at radius 1 is 1.07 bits per heavy atom. The van der Waals surface area contributed by atoms with Crippen LogP contribution < -0.4 is 14.8 Å². The SMILES string of the molecule is CCCOc1ccc(C(=O)NCc2ccc(-n3ccnc3)c(F)c2)cc1OCCC. The molecule has 0 aliphatic rings. The highest BCUT2D eigenvalue weighted by molar-refractivity contribution is 5.94. The molecule has 1 aromatic heterocycles. The van der Waals surface area contributed by atoms with E-state index < -0.39 is 0 Å². The Balaban J connectivity index is 1.67. The van der Waals surface area contributed by atoms with Crippen LogP contribution in [0.25, 0.3) is 5.69 Å². The van der Waals surface area contributed by atoms with E-state index >= 15 is 0 Å². The summed E-state index contributed by atoms with van der Waals surface area (Å²) in [5.74, 6) is 0.526. The zero-order chi connectivity index (χ0) is 21.3. The topological polar surface area (TPSA) is 65.4 Å². The highest BCUT2D eigenvalue weighted by atomic mass is 19.1. The number of aromatic nitrogens is 2. The third-order valence-electron chi connectivity index (χ3n) is 4.38. The van der Waals surface area contributed by atoms with Gasteiger partial charge in [-0.25, -0.2) is 9.37 Å². The molecule has 0 aliphatic heterocycles. The zero-order valence-electron chi connectivity index (χ0n) is 17.2. The van der Waals surface area contributed by atoms with E-state index in [0.717, 1.165) is 12.8 Å². The van der Waals surface area contributed by atoms with Gasteiger partial charge in [-0.05, 0) is 48.7 Å². The minimum Gasteiger partial charge on any atom is -0.490 e. The first-order valence-electron chi connectivity index (χ1n) is 10.1. The Morgan fingerprint density at radius 2 is 1.83 bits per heavy atom. The van der Waals surface area contributed by atoms with Crippen molar-refractivity contribution < 1.29 is 18.7 Å². The van der Waals surface area contributed by atoms with Crippen molar-refractivity contribution in [1.82, 2.24) is 14.9 Å². The van der Waals surface area contributed by atoms with Gasteiger partial charge in [0.05, 0.1) is 25.2 Å². The Hall–Kier alpha value is -3.35. The van der Waals surface area contributed by atoms with Gasteiger partial charge < -0.3 is 19.4 Å². The molecule has 30 heavy (non-hydrogen) atoms. The summed E-state index contributed by atoms with van der Waals surface area (Å²) in [5.41, 5.74) is 1.53. The maximum atomic E-state index is 14.4. The number of hydrogen-bond acceptors (Lipinski definition) is 4. The van der Waals surface area contributed by atoms with E-state index in [9.17, 15) is 9.18 Å². The maximum Gasteiger partial charge on any atom is 0.251 e. The van der Waals surface area contributed by atoms with Gasteiger partial charge in [-0.2, -0.15) is 0 Å². The fraction of sp³-hybridized carbons (Fsp3) is 0.304. The van der Waals surface area contributed by atoms with Gasteiger partial charge in [0.2, 0.25) is 0 Å². The summed E-state index contributed by atoms with van der Waals surface area (Å²) in [7, 11) is 0.